The molecular formula is C16H29N3O2. The zero-order valence-electron chi connectivity index (χ0n) is 13.4. The molecule has 1 unspecified atom stereocenters. The van der Waals surface area contributed by atoms with Gasteiger partial charge in [-0.1, -0.05) is 6.92 Å². The summed E-state index contributed by atoms with van der Waals surface area (Å²) < 4.78 is 5.14. The number of carbonyl (C=O) groups excluding carboxylic acids is 1. The number of likely N-dealkylation sites (N-methyl/N-ethyl adjacent to an activating group) is 1. The summed E-state index contributed by atoms with van der Waals surface area (Å²) in [6, 6.07) is 0.856. The number of esters is 1. The maximum absolute atomic E-state index is 12.4. The van der Waals surface area contributed by atoms with Gasteiger partial charge in [0.25, 0.3) is 0 Å². The topological polar surface area (TPSA) is 44.8 Å². The third-order valence-electron chi connectivity index (χ3n) is 5.26. The van der Waals surface area contributed by atoms with E-state index in [1.165, 1.54) is 20.0 Å². The van der Waals surface area contributed by atoms with Crippen LogP contribution in [0.3, 0.4) is 0 Å². The van der Waals surface area contributed by atoms with Gasteiger partial charge in [0.15, 0.2) is 0 Å². The number of piperazine rings is 1. The average Bonchev–Trinajstić information content (AvgIpc) is 3.39. The molecule has 0 aromatic rings. The van der Waals surface area contributed by atoms with Crippen LogP contribution in [0, 0.1) is 5.92 Å². The van der Waals surface area contributed by atoms with Gasteiger partial charge in [0.1, 0.15) is 5.54 Å². The van der Waals surface area contributed by atoms with Gasteiger partial charge in [-0.15, -0.1) is 0 Å². The highest BCUT2D eigenvalue weighted by Crippen LogP contribution is 2.41. The number of carbonyl (C=O) groups is 1. The molecule has 0 amide bonds. The van der Waals surface area contributed by atoms with Gasteiger partial charge in [0.2, 0.25) is 0 Å². The first-order valence-corrected chi connectivity index (χ1v) is 8.49. The molecule has 0 aromatic heterocycles. The van der Waals surface area contributed by atoms with Crippen LogP contribution in [0.1, 0.15) is 32.6 Å². The molecular weight excluding hydrogens is 266 g/mol. The molecule has 1 N–H and O–H groups in total. The molecule has 5 heteroatoms. The summed E-state index contributed by atoms with van der Waals surface area (Å²) in [5.41, 5.74) is -0.481. The van der Waals surface area contributed by atoms with Crippen LogP contribution in [0.5, 0.6) is 0 Å². The highest BCUT2D eigenvalue weighted by molar-refractivity contribution is 5.82. The Morgan fingerprint density at radius 3 is 2.33 bits per heavy atom. The van der Waals surface area contributed by atoms with Crippen molar-refractivity contribution in [3.63, 3.8) is 0 Å². The van der Waals surface area contributed by atoms with Gasteiger partial charge < -0.3 is 10.1 Å². The van der Waals surface area contributed by atoms with Crippen molar-refractivity contribution < 1.29 is 9.53 Å². The minimum Gasteiger partial charge on any atom is -0.468 e. The molecule has 2 aliphatic carbocycles. The first-order valence-electron chi connectivity index (χ1n) is 8.49. The van der Waals surface area contributed by atoms with Crippen LogP contribution in [0.15, 0.2) is 0 Å². The molecule has 0 aromatic carbocycles. The summed E-state index contributed by atoms with van der Waals surface area (Å²) >= 11 is 0. The zero-order chi connectivity index (χ0) is 14.9. The fourth-order valence-corrected chi connectivity index (χ4v) is 3.79. The van der Waals surface area contributed by atoms with E-state index in [9.17, 15) is 4.79 Å². The Kier molecular flexibility index (Phi) is 4.52. The second-order valence-electron chi connectivity index (χ2n) is 6.81. The van der Waals surface area contributed by atoms with E-state index >= 15 is 0 Å². The molecule has 1 saturated heterocycles. The fraction of sp³-hybridized carbons (Fsp3) is 0.938. The minimum absolute atomic E-state index is 0.0727. The number of hydrogen-bond acceptors (Lipinski definition) is 5. The van der Waals surface area contributed by atoms with Crippen LogP contribution in [-0.4, -0.2) is 73.7 Å². The van der Waals surface area contributed by atoms with E-state index in [1.54, 1.807) is 0 Å². The Morgan fingerprint density at radius 2 is 1.86 bits per heavy atom. The van der Waals surface area contributed by atoms with Crippen molar-refractivity contribution in [1.82, 2.24) is 15.1 Å². The number of nitrogens with zero attached hydrogens (tertiary/aromatic N) is 2. The van der Waals surface area contributed by atoms with E-state index in [0.717, 1.165) is 58.2 Å². The maximum atomic E-state index is 12.4. The lowest BCUT2D eigenvalue weighted by atomic mass is 9.91. The van der Waals surface area contributed by atoms with Crippen molar-refractivity contribution in [2.45, 2.75) is 44.2 Å². The van der Waals surface area contributed by atoms with Gasteiger partial charge in [0, 0.05) is 38.8 Å². The summed E-state index contributed by atoms with van der Waals surface area (Å²) in [5, 5.41) is 3.47. The van der Waals surface area contributed by atoms with Gasteiger partial charge in [-0.05, 0) is 38.1 Å². The van der Waals surface area contributed by atoms with E-state index < -0.39 is 5.54 Å². The van der Waals surface area contributed by atoms with Crippen LogP contribution in [0.25, 0.3) is 0 Å². The van der Waals surface area contributed by atoms with Crippen LogP contribution in [0.4, 0.5) is 0 Å². The molecule has 3 aliphatic rings. The van der Waals surface area contributed by atoms with Gasteiger partial charge in [-0.3, -0.25) is 9.80 Å². The Morgan fingerprint density at radius 1 is 1.19 bits per heavy atom. The van der Waals surface area contributed by atoms with Crippen molar-refractivity contribution in [2.24, 2.45) is 5.92 Å². The summed E-state index contributed by atoms with van der Waals surface area (Å²) in [5.74, 6) is 0.378. The van der Waals surface area contributed by atoms with Crippen LogP contribution < -0.4 is 5.32 Å². The Hall–Kier alpha value is -0.650. The SMILES string of the molecule is CCNC(CN1CCN(C2CC2)CC1)(C(=O)OC)C1CC1. The quantitative estimate of drug-likeness (QED) is 0.701. The second-order valence-corrected chi connectivity index (χ2v) is 6.81. The minimum atomic E-state index is -0.481. The van der Waals surface area contributed by atoms with Crippen molar-refractivity contribution in [3.8, 4) is 0 Å². The fourth-order valence-electron chi connectivity index (χ4n) is 3.79. The normalized spacial score (nSPS) is 27.3. The van der Waals surface area contributed by atoms with Gasteiger partial charge in [-0.2, -0.15) is 0 Å². The second kappa shape index (κ2) is 6.23. The van der Waals surface area contributed by atoms with Crippen LogP contribution >= 0.6 is 0 Å². The smallest absolute Gasteiger partial charge is 0.327 e. The molecule has 120 valence electrons. The number of methoxy groups -OCH3 is 1. The molecule has 2 saturated carbocycles. The van der Waals surface area contributed by atoms with Crippen molar-refractivity contribution in [1.29, 1.82) is 0 Å². The molecule has 1 heterocycles. The summed E-state index contributed by atoms with van der Waals surface area (Å²) in [6.07, 6.45) is 5.05. The van der Waals surface area contributed by atoms with Crippen LogP contribution in [-0.2, 0) is 9.53 Å². The average molecular weight is 295 g/mol. The maximum Gasteiger partial charge on any atom is 0.327 e. The molecule has 0 radical (unpaired) electrons. The number of ether oxygens (including phenoxy) is 1. The monoisotopic (exact) mass is 295 g/mol. The van der Waals surface area contributed by atoms with E-state index in [2.05, 4.69) is 22.0 Å². The lowest BCUT2D eigenvalue weighted by molar-refractivity contribution is -0.151. The predicted octanol–water partition coefficient (Wildman–Crippen LogP) is 0.698. The summed E-state index contributed by atoms with van der Waals surface area (Å²) in [6.45, 7) is 8.15. The van der Waals surface area contributed by atoms with Crippen LogP contribution in [0.2, 0.25) is 0 Å². The first-order chi connectivity index (χ1) is 10.2. The van der Waals surface area contributed by atoms with E-state index in [-0.39, 0.29) is 5.97 Å². The van der Waals surface area contributed by atoms with Crippen molar-refractivity contribution in [2.75, 3.05) is 46.4 Å². The molecule has 3 rings (SSSR count). The zero-order valence-corrected chi connectivity index (χ0v) is 13.4. The molecule has 0 bridgehead atoms. The third-order valence-corrected chi connectivity index (χ3v) is 5.26. The molecule has 5 nitrogen and oxygen atoms in total. The van der Waals surface area contributed by atoms with Gasteiger partial charge in [0.05, 0.1) is 7.11 Å². The lowest BCUT2D eigenvalue weighted by Gasteiger charge is -2.41. The predicted molar refractivity (Wildman–Crippen MR) is 82.2 cm³/mol. The summed E-state index contributed by atoms with van der Waals surface area (Å²) in [4.78, 5) is 17.5. The standard InChI is InChI=1S/C16H29N3O2/c1-3-17-16(13-4-5-13,15(20)21-2)12-18-8-10-19(11-9-18)14-6-7-14/h13-14,17H,3-12H2,1-2H3. The lowest BCUT2D eigenvalue weighted by Crippen LogP contribution is -2.63. The Labute approximate surface area is 128 Å². The molecule has 0 spiro atoms. The van der Waals surface area contributed by atoms with Gasteiger partial charge >= 0.3 is 5.97 Å². The van der Waals surface area contributed by atoms with E-state index in [1.807, 2.05) is 0 Å². The Balaban J connectivity index is 1.62. The van der Waals surface area contributed by atoms with E-state index in [4.69, 9.17) is 4.74 Å². The van der Waals surface area contributed by atoms with Gasteiger partial charge in [-0.25, -0.2) is 4.79 Å². The Bertz CT molecular complexity index is 374. The number of nitrogens with one attached hydrogen (secondary N) is 1. The molecule has 1 atom stereocenters. The highest BCUT2D eigenvalue weighted by Gasteiger charge is 2.52. The van der Waals surface area contributed by atoms with Crippen molar-refractivity contribution >= 4 is 5.97 Å². The number of hydrogen-bond donors (Lipinski definition) is 1. The third kappa shape index (κ3) is 3.25. The molecule has 3 fully saturated rings. The van der Waals surface area contributed by atoms with E-state index in [0.29, 0.717) is 5.92 Å². The molecule has 21 heavy (non-hydrogen) atoms. The highest BCUT2D eigenvalue weighted by atomic mass is 16.5. The van der Waals surface area contributed by atoms with Crippen molar-refractivity contribution in [3.05, 3.63) is 0 Å². The number of rotatable bonds is 7. The largest absolute Gasteiger partial charge is 0.468 e. The first kappa shape index (κ1) is 15.3. The molecule has 1 aliphatic heterocycles. The summed E-state index contributed by atoms with van der Waals surface area (Å²) in [7, 11) is 1.52.